The minimum atomic E-state index is -0.338. The molecule has 0 saturated heterocycles. The number of nitrogens with zero attached hydrogens (tertiary/aromatic N) is 3. The molecule has 4 aromatic rings. The Kier molecular flexibility index (Phi) is 9.99. The van der Waals surface area contributed by atoms with Crippen molar-refractivity contribution in [2.24, 2.45) is 5.10 Å². The highest BCUT2D eigenvalue weighted by Gasteiger charge is 2.17. The molecule has 0 aliphatic heterocycles. The Morgan fingerprint density at radius 1 is 1.12 bits per heavy atom. The van der Waals surface area contributed by atoms with E-state index in [4.69, 9.17) is 26.1 Å². The van der Waals surface area contributed by atoms with Crippen molar-refractivity contribution in [2.45, 2.75) is 33.1 Å². The second-order valence-corrected chi connectivity index (χ2v) is 11.1. The number of aromatic nitrogens is 2. The Morgan fingerprint density at radius 3 is 2.58 bits per heavy atom. The molecular formula is C29H27Br2ClN4O4. The number of halogens is 3. The first-order valence-electron chi connectivity index (χ1n) is 12.6. The molecule has 1 aromatic heterocycles. The Bertz CT molecular complexity index is 1620. The average molecular weight is 691 g/mol. The summed E-state index contributed by atoms with van der Waals surface area (Å²) in [6.45, 7) is 6.04. The lowest BCUT2D eigenvalue weighted by Crippen LogP contribution is -2.23. The number of nitrogens with one attached hydrogen (secondary N) is 1. The van der Waals surface area contributed by atoms with E-state index in [1.54, 1.807) is 48.7 Å². The first-order valence-corrected chi connectivity index (χ1v) is 14.6. The van der Waals surface area contributed by atoms with Crippen LogP contribution < -0.4 is 20.3 Å². The first kappa shape index (κ1) is 29.8. The second-order valence-electron chi connectivity index (χ2n) is 8.91. The number of amides is 1. The van der Waals surface area contributed by atoms with Crippen LogP contribution in [-0.2, 0) is 4.79 Å². The van der Waals surface area contributed by atoms with Gasteiger partial charge in [-0.3, -0.25) is 9.59 Å². The molecule has 0 aliphatic carbocycles. The van der Waals surface area contributed by atoms with Crippen LogP contribution in [0.4, 0.5) is 5.69 Å². The van der Waals surface area contributed by atoms with Crippen molar-refractivity contribution in [2.75, 3.05) is 18.5 Å². The molecule has 0 fully saturated rings. The molecule has 0 saturated carbocycles. The fraction of sp³-hybridized carbons (Fsp3) is 0.241. The van der Waals surface area contributed by atoms with Crippen LogP contribution in [0.2, 0.25) is 5.02 Å². The zero-order valence-electron chi connectivity index (χ0n) is 22.1. The molecule has 208 valence electrons. The number of anilines is 1. The number of fused-ring (bicyclic) bond motifs is 1. The van der Waals surface area contributed by atoms with Gasteiger partial charge in [0.05, 0.1) is 28.2 Å². The number of carbonyl (C=O) groups excluding carboxylic acids is 1. The van der Waals surface area contributed by atoms with Crippen molar-refractivity contribution < 1.29 is 14.3 Å². The zero-order chi connectivity index (χ0) is 28.8. The van der Waals surface area contributed by atoms with Gasteiger partial charge in [0.25, 0.3) is 11.5 Å². The summed E-state index contributed by atoms with van der Waals surface area (Å²) in [5, 5.41) is 8.34. The smallest absolute Gasteiger partial charge is 0.282 e. The topological polar surface area (TPSA) is 94.8 Å². The molecule has 1 N–H and O–H groups in total. The van der Waals surface area contributed by atoms with Gasteiger partial charge >= 0.3 is 0 Å². The lowest BCUT2D eigenvalue weighted by molar-refractivity contribution is -0.118. The minimum Gasteiger partial charge on any atom is -0.490 e. The highest BCUT2D eigenvalue weighted by Crippen LogP contribution is 2.36. The van der Waals surface area contributed by atoms with Crippen LogP contribution in [-0.4, -0.2) is 35.0 Å². The van der Waals surface area contributed by atoms with Crippen LogP contribution in [0, 0.1) is 0 Å². The highest BCUT2D eigenvalue weighted by molar-refractivity contribution is 9.10. The van der Waals surface area contributed by atoms with Crippen molar-refractivity contribution in [3.63, 3.8) is 0 Å². The van der Waals surface area contributed by atoms with Gasteiger partial charge in [-0.15, -0.1) is 0 Å². The SMILES string of the molecule is CCOc1cc(C=Nn2c([C@H](C)CC)nc3ccc(Br)cc3c2=O)cc(Br)c1OCC(=O)Nc1ccc(Cl)cc1. The monoisotopic (exact) mass is 688 g/mol. The predicted octanol–water partition coefficient (Wildman–Crippen LogP) is 7.39. The van der Waals surface area contributed by atoms with Gasteiger partial charge in [0, 0.05) is 21.1 Å². The van der Waals surface area contributed by atoms with Crippen molar-refractivity contribution in [1.82, 2.24) is 9.66 Å². The molecule has 40 heavy (non-hydrogen) atoms. The minimum absolute atomic E-state index is 0.0124. The standard InChI is InChI=1S/C29H27Br2ClN4O4/c1-4-17(3)28-35-24-11-6-19(30)14-22(24)29(38)36(28)33-15-18-12-23(31)27(25(13-18)39-5-2)40-16-26(37)34-21-9-7-20(32)8-10-21/h6-15,17H,4-5,16H2,1-3H3,(H,34,37)/t17-/m1/s1. The van der Waals surface area contributed by atoms with Crippen LogP contribution in [0.5, 0.6) is 11.5 Å². The van der Waals surface area contributed by atoms with Crippen LogP contribution in [0.1, 0.15) is 44.5 Å². The van der Waals surface area contributed by atoms with E-state index in [9.17, 15) is 9.59 Å². The molecule has 0 aliphatic rings. The van der Waals surface area contributed by atoms with E-state index in [0.29, 0.717) is 55.6 Å². The molecule has 8 nitrogen and oxygen atoms in total. The summed E-state index contributed by atoms with van der Waals surface area (Å²) in [5.74, 6) is 1.05. The molecule has 1 amide bonds. The summed E-state index contributed by atoms with van der Waals surface area (Å²) >= 11 is 12.9. The van der Waals surface area contributed by atoms with Gasteiger partial charge in [-0.2, -0.15) is 9.78 Å². The third kappa shape index (κ3) is 7.10. The van der Waals surface area contributed by atoms with E-state index in [1.807, 2.05) is 32.9 Å². The van der Waals surface area contributed by atoms with Crippen LogP contribution in [0.25, 0.3) is 10.9 Å². The van der Waals surface area contributed by atoms with Crippen LogP contribution in [0.3, 0.4) is 0 Å². The highest BCUT2D eigenvalue weighted by atomic mass is 79.9. The molecule has 3 aromatic carbocycles. The van der Waals surface area contributed by atoms with E-state index in [0.717, 1.165) is 10.9 Å². The van der Waals surface area contributed by atoms with Gasteiger partial charge in [-0.1, -0.05) is 41.4 Å². The van der Waals surface area contributed by atoms with Crippen molar-refractivity contribution in [1.29, 1.82) is 0 Å². The third-order valence-corrected chi connectivity index (χ3v) is 7.35. The van der Waals surface area contributed by atoms with E-state index in [-0.39, 0.29) is 24.0 Å². The summed E-state index contributed by atoms with van der Waals surface area (Å²) in [6, 6.07) is 15.7. The van der Waals surface area contributed by atoms with Crippen molar-refractivity contribution >= 4 is 72.2 Å². The number of benzene rings is 3. The van der Waals surface area contributed by atoms with E-state index in [2.05, 4.69) is 42.3 Å². The molecular weight excluding hydrogens is 664 g/mol. The Balaban J connectivity index is 1.62. The maximum atomic E-state index is 13.4. The predicted molar refractivity (Wildman–Crippen MR) is 166 cm³/mol. The van der Waals surface area contributed by atoms with Crippen molar-refractivity contribution in [3.8, 4) is 11.5 Å². The molecule has 11 heteroatoms. The maximum Gasteiger partial charge on any atom is 0.282 e. The fourth-order valence-electron chi connectivity index (χ4n) is 3.84. The zero-order valence-corrected chi connectivity index (χ0v) is 26.0. The number of hydrogen-bond acceptors (Lipinski definition) is 6. The van der Waals surface area contributed by atoms with E-state index < -0.39 is 0 Å². The number of rotatable bonds is 10. The van der Waals surface area contributed by atoms with Gasteiger partial charge in [0.15, 0.2) is 18.1 Å². The van der Waals surface area contributed by atoms with E-state index >= 15 is 0 Å². The number of hydrogen-bond donors (Lipinski definition) is 1. The summed E-state index contributed by atoms with van der Waals surface area (Å²) in [5.41, 5.74) is 1.63. The summed E-state index contributed by atoms with van der Waals surface area (Å²) in [6.07, 6.45) is 2.37. The third-order valence-electron chi connectivity index (χ3n) is 6.02. The first-order chi connectivity index (χ1) is 19.2. The Morgan fingerprint density at radius 2 is 1.88 bits per heavy atom. The Hall–Kier alpha value is -3.21. The largest absolute Gasteiger partial charge is 0.490 e. The van der Waals surface area contributed by atoms with Gasteiger partial charge in [0.2, 0.25) is 0 Å². The summed E-state index contributed by atoms with van der Waals surface area (Å²) in [4.78, 5) is 30.6. The van der Waals surface area contributed by atoms with Crippen molar-refractivity contribution in [3.05, 3.63) is 90.3 Å². The quantitative estimate of drug-likeness (QED) is 0.175. The second kappa shape index (κ2) is 13.4. The Labute approximate surface area is 253 Å². The molecule has 4 rings (SSSR count). The molecule has 0 unspecified atom stereocenters. The van der Waals surface area contributed by atoms with Gasteiger partial charge in [-0.05, 0) is 89.4 Å². The lowest BCUT2D eigenvalue weighted by Gasteiger charge is -2.15. The molecule has 0 bridgehead atoms. The number of ether oxygens (including phenoxy) is 2. The van der Waals surface area contributed by atoms with Gasteiger partial charge in [-0.25, -0.2) is 4.98 Å². The van der Waals surface area contributed by atoms with Gasteiger partial charge < -0.3 is 14.8 Å². The normalized spacial score (nSPS) is 12.1. The summed E-state index contributed by atoms with van der Waals surface area (Å²) < 4.78 is 14.3. The van der Waals surface area contributed by atoms with Crippen LogP contribution >= 0.6 is 43.5 Å². The summed E-state index contributed by atoms with van der Waals surface area (Å²) in [7, 11) is 0. The van der Waals surface area contributed by atoms with Gasteiger partial charge in [0.1, 0.15) is 5.82 Å². The molecule has 0 radical (unpaired) electrons. The maximum absolute atomic E-state index is 13.4. The lowest BCUT2D eigenvalue weighted by atomic mass is 10.1. The van der Waals surface area contributed by atoms with Crippen LogP contribution in [0.15, 0.2) is 73.4 Å². The number of carbonyl (C=O) groups is 1. The molecule has 0 spiro atoms. The fourth-order valence-corrected chi connectivity index (χ4v) is 4.90. The average Bonchev–Trinajstić information content (AvgIpc) is 2.93. The molecule has 1 heterocycles. The molecule has 1 atom stereocenters. The van der Waals surface area contributed by atoms with E-state index in [1.165, 1.54) is 4.68 Å².